The standard InChI is InChI=1S/C20H14BrN5/c21-14-4-3-6-16(10-14)26-20-18-11-15(7-8-19(18)24-13-25-20)23-12-17-5-1-2-9-22-17/h1-13H,(H,24,25,26)/b23-12+. The van der Waals surface area contributed by atoms with Crippen molar-refractivity contribution in [2.24, 2.45) is 4.99 Å². The average Bonchev–Trinajstić information content (AvgIpc) is 2.67. The number of halogens is 1. The molecule has 2 aromatic carbocycles. The number of benzene rings is 2. The first-order valence-electron chi connectivity index (χ1n) is 8.00. The van der Waals surface area contributed by atoms with E-state index in [1.807, 2.05) is 60.7 Å². The van der Waals surface area contributed by atoms with Gasteiger partial charge < -0.3 is 5.32 Å². The topological polar surface area (TPSA) is 63.1 Å². The van der Waals surface area contributed by atoms with Gasteiger partial charge >= 0.3 is 0 Å². The van der Waals surface area contributed by atoms with Crippen molar-refractivity contribution in [1.82, 2.24) is 15.0 Å². The van der Waals surface area contributed by atoms with Crippen LogP contribution in [-0.2, 0) is 0 Å². The monoisotopic (exact) mass is 403 g/mol. The van der Waals surface area contributed by atoms with Gasteiger partial charge in [-0.2, -0.15) is 0 Å². The van der Waals surface area contributed by atoms with Crippen LogP contribution in [0.3, 0.4) is 0 Å². The van der Waals surface area contributed by atoms with Gasteiger partial charge in [0, 0.05) is 21.7 Å². The molecule has 4 aromatic rings. The molecule has 0 bridgehead atoms. The first-order chi connectivity index (χ1) is 12.8. The fourth-order valence-electron chi connectivity index (χ4n) is 2.52. The molecule has 0 aliphatic heterocycles. The van der Waals surface area contributed by atoms with E-state index < -0.39 is 0 Å². The lowest BCUT2D eigenvalue weighted by molar-refractivity contribution is 1.22. The highest BCUT2D eigenvalue weighted by Crippen LogP contribution is 2.27. The van der Waals surface area contributed by atoms with Crippen LogP contribution in [0.4, 0.5) is 17.2 Å². The number of aromatic nitrogens is 3. The van der Waals surface area contributed by atoms with Gasteiger partial charge in [-0.3, -0.25) is 9.98 Å². The number of pyridine rings is 1. The second-order valence-corrected chi connectivity index (χ2v) is 6.49. The molecule has 2 heterocycles. The molecule has 0 fully saturated rings. The second-order valence-electron chi connectivity index (χ2n) is 5.57. The van der Waals surface area contributed by atoms with Gasteiger partial charge in [0.15, 0.2) is 0 Å². The van der Waals surface area contributed by atoms with Crippen LogP contribution in [0.1, 0.15) is 5.69 Å². The summed E-state index contributed by atoms with van der Waals surface area (Å²) in [4.78, 5) is 17.5. The van der Waals surface area contributed by atoms with E-state index in [9.17, 15) is 0 Å². The molecule has 0 atom stereocenters. The highest BCUT2D eigenvalue weighted by molar-refractivity contribution is 9.10. The molecule has 126 valence electrons. The Balaban J connectivity index is 1.69. The average molecular weight is 404 g/mol. The Kier molecular flexibility index (Phi) is 4.66. The minimum absolute atomic E-state index is 0.739. The van der Waals surface area contributed by atoms with E-state index in [1.54, 1.807) is 18.7 Å². The van der Waals surface area contributed by atoms with Crippen LogP contribution in [0.2, 0.25) is 0 Å². The third-order valence-corrected chi connectivity index (χ3v) is 4.23. The zero-order valence-electron chi connectivity index (χ0n) is 13.7. The third-order valence-electron chi connectivity index (χ3n) is 3.74. The summed E-state index contributed by atoms with van der Waals surface area (Å²) < 4.78 is 1.00. The largest absolute Gasteiger partial charge is 0.340 e. The van der Waals surface area contributed by atoms with Crippen LogP contribution in [0.5, 0.6) is 0 Å². The summed E-state index contributed by atoms with van der Waals surface area (Å²) in [6.07, 6.45) is 5.04. The lowest BCUT2D eigenvalue weighted by atomic mass is 10.2. The third kappa shape index (κ3) is 3.75. The molecule has 2 aromatic heterocycles. The number of nitrogens with zero attached hydrogens (tertiary/aromatic N) is 4. The normalized spacial score (nSPS) is 11.1. The maximum absolute atomic E-state index is 4.51. The summed E-state index contributed by atoms with van der Waals surface area (Å²) in [5, 5.41) is 4.25. The smallest absolute Gasteiger partial charge is 0.141 e. The summed E-state index contributed by atoms with van der Waals surface area (Å²) in [5.74, 6) is 0.739. The van der Waals surface area contributed by atoms with Crippen molar-refractivity contribution in [2.75, 3.05) is 5.32 Å². The highest BCUT2D eigenvalue weighted by atomic mass is 79.9. The molecular weight excluding hydrogens is 390 g/mol. The number of hydrogen-bond donors (Lipinski definition) is 1. The Morgan fingerprint density at radius 2 is 1.88 bits per heavy atom. The molecule has 0 aliphatic rings. The molecule has 0 radical (unpaired) electrons. The molecule has 26 heavy (non-hydrogen) atoms. The van der Waals surface area contributed by atoms with E-state index in [-0.39, 0.29) is 0 Å². The van der Waals surface area contributed by atoms with Crippen molar-refractivity contribution >= 4 is 50.2 Å². The predicted octanol–water partition coefficient (Wildman–Crippen LogP) is 5.28. The molecule has 0 amide bonds. The fourth-order valence-corrected chi connectivity index (χ4v) is 2.92. The SMILES string of the molecule is Brc1cccc(Nc2ncnc3ccc(/N=C/c4ccccn4)cc23)c1. The van der Waals surface area contributed by atoms with E-state index in [0.717, 1.165) is 38.3 Å². The summed E-state index contributed by atoms with van der Waals surface area (Å²) in [5.41, 5.74) is 3.43. The van der Waals surface area contributed by atoms with Gasteiger partial charge in [0.2, 0.25) is 0 Å². The molecule has 0 saturated heterocycles. The molecule has 1 N–H and O–H groups in total. The van der Waals surface area contributed by atoms with Gasteiger partial charge in [-0.25, -0.2) is 9.97 Å². The first kappa shape index (κ1) is 16.4. The van der Waals surface area contributed by atoms with E-state index in [2.05, 4.69) is 41.2 Å². The highest BCUT2D eigenvalue weighted by Gasteiger charge is 2.05. The van der Waals surface area contributed by atoms with Gasteiger partial charge in [0.05, 0.1) is 23.1 Å². The van der Waals surface area contributed by atoms with E-state index in [1.165, 1.54) is 0 Å². The molecular formula is C20H14BrN5. The quantitative estimate of drug-likeness (QED) is 0.470. The number of anilines is 2. The Bertz CT molecular complexity index is 1080. The molecule has 5 nitrogen and oxygen atoms in total. The predicted molar refractivity (Wildman–Crippen MR) is 108 cm³/mol. The summed E-state index contributed by atoms with van der Waals surface area (Å²) in [7, 11) is 0. The zero-order valence-corrected chi connectivity index (χ0v) is 15.3. The van der Waals surface area contributed by atoms with Gasteiger partial charge in [-0.05, 0) is 48.5 Å². The minimum Gasteiger partial charge on any atom is -0.340 e. The number of hydrogen-bond acceptors (Lipinski definition) is 5. The Labute approximate surface area is 159 Å². The zero-order chi connectivity index (χ0) is 17.8. The Morgan fingerprint density at radius 3 is 2.73 bits per heavy atom. The Hall–Kier alpha value is -3.12. The van der Waals surface area contributed by atoms with Crippen LogP contribution in [0.15, 0.2) is 82.7 Å². The number of fused-ring (bicyclic) bond motifs is 1. The van der Waals surface area contributed by atoms with Crippen LogP contribution in [0.25, 0.3) is 10.9 Å². The van der Waals surface area contributed by atoms with Gasteiger partial charge in [-0.1, -0.05) is 28.1 Å². The van der Waals surface area contributed by atoms with Crippen molar-refractivity contribution in [3.05, 3.63) is 83.4 Å². The van der Waals surface area contributed by atoms with Crippen molar-refractivity contribution in [3.8, 4) is 0 Å². The van der Waals surface area contributed by atoms with Crippen molar-refractivity contribution in [2.45, 2.75) is 0 Å². The van der Waals surface area contributed by atoms with Gasteiger partial charge in [-0.15, -0.1) is 0 Å². The molecule has 4 rings (SSSR count). The number of aliphatic imine (C=N–C) groups is 1. The summed E-state index contributed by atoms with van der Waals surface area (Å²) >= 11 is 3.48. The number of nitrogens with one attached hydrogen (secondary N) is 1. The molecule has 0 spiro atoms. The van der Waals surface area contributed by atoms with E-state index in [0.29, 0.717) is 0 Å². The van der Waals surface area contributed by atoms with Crippen molar-refractivity contribution in [1.29, 1.82) is 0 Å². The lowest BCUT2D eigenvalue weighted by Gasteiger charge is -2.09. The fraction of sp³-hybridized carbons (Fsp3) is 0. The Morgan fingerprint density at radius 1 is 0.923 bits per heavy atom. The molecule has 0 saturated carbocycles. The molecule has 6 heteroatoms. The molecule has 0 aliphatic carbocycles. The summed E-state index contributed by atoms with van der Waals surface area (Å²) in [6, 6.07) is 19.5. The lowest BCUT2D eigenvalue weighted by Crippen LogP contribution is -1.95. The van der Waals surface area contributed by atoms with E-state index in [4.69, 9.17) is 0 Å². The number of rotatable bonds is 4. The van der Waals surface area contributed by atoms with Crippen LogP contribution in [-0.4, -0.2) is 21.2 Å². The summed E-state index contributed by atoms with van der Waals surface area (Å²) in [6.45, 7) is 0. The maximum atomic E-state index is 4.51. The minimum atomic E-state index is 0.739. The van der Waals surface area contributed by atoms with Crippen LogP contribution >= 0.6 is 15.9 Å². The van der Waals surface area contributed by atoms with Gasteiger partial charge in [0.25, 0.3) is 0 Å². The van der Waals surface area contributed by atoms with Crippen LogP contribution < -0.4 is 5.32 Å². The maximum Gasteiger partial charge on any atom is 0.141 e. The van der Waals surface area contributed by atoms with Gasteiger partial charge in [0.1, 0.15) is 12.1 Å². The van der Waals surface area contributed by atoms with E-state index >= 15 is 0 Å². The second kappa shape index (κ2) is 7.41. The van der Waals surface area contributed by atoms with Crippen LogP contribution in [0, 0.1) is 0 Å². The first-order valence-corrected chi connectivity index (χ1v) is 8.80. The van der Waals surface area contributed by atoms with Crippen molar-refractivity contribution < 1.29 is 0 Å². The molecule has 0 unspecified atom stereocenters. The van der Waals surface area contributed by atoms with Crippen molar-refractivity contribution in [3.63, 3.8) is 0 Å².